The van der Waals surface area contributed by atoms with Crippen molar-refractivity contribution in [2.75, 3.05) is 20.1 Å². The molecule has 0 aromatic heterocycles. The van der Waals surface area contributed by atoms with Gasteiger partial charge in [0.25, 0.3) is 11.6 Å². The number of amides is 1. The first-order chi connectivity index (χ1) is 8.50. The third-order valence-electron chi connectivity index (χ3n) is 3.02. The first-order valence-electron chi connectivity index (χ1n) is 5.42. The molecular formula is C11H12FN3O3. The number of carbonyl (C=O) groups is 1. The summed E-state index contributed by atoms with van der Waals surface area (Å²) in [5, 5.41) is 13.5. The minimum Gasteiger partial charge on any atom is -0.336 e. The number of carbonyl (C=O) groups excluding carboxylic acids is 1. The third kappa shape index (κ3) is 2.17. The minimum atomic E-state index is -0.867. The molecule has 1 aromatic rings. The van der Waals surface area contributed by atoms with E-state index in [-0.39, 0.29) is 17.3 Å². The highest BCUT2D eigenvalue weighted by atomic mass is 19.1. The Kier molecular flexibility index (Phi) is 3.24. The van der Waals surface area contributed by atoms with Crippen LogP contribution in [0.3, 0.4) is 0 Å². The SMILES string of the molecule is CN(C(=O)c1ccc([N+](=O)[O-])cc1F)C1CNC1. The summed E-state index contributed by atoms with van der Waals surface area (Å²) < 4.78 is 13.6. The van der Waals surface area contributed by atoms with Gasteiger partial charge in [-0.2, -0.15) is 0 Å². The number of nitrogens with one attached hydrogen (secondary N) is 1. The molecule has 0 radical (unpaired) electrons. The number of likely N-dealkylation sites (N-methyl/N-ethyl adjacent to an activating group) is 1. The molecule has 0 saturated carbocycles. The van der Waals surface area contributed by atoms with E-state index in [4.69, 9.17) is 0 Å². The van der Waals surface area contributed by atoms with Crippen LogP contribution >= 0.6 is 0 Å². The largest absolute Gasteiger partial charge is 0.336 e. The number of hydrogen-bond acceptors (Lipinski definition) is 4. The van der Waals surface area contributed by atoms with Crippen LogP contribution in [0.1, 0.15) is 10.4 Å². The van der Waals surface area contributed by atoms with Crippen LogP contribution in [0.5, 0.6) is 0 Å². The lowest BCUT2D eigenvalue weighted by Gasteiger charge is -2.35. The Morgan fingerprint density at radius 2 is 2.22 bits per heavy atom. The van der Waals surface area contributed by atoms with Crippen molar-refractivity contribution in [3.8, 4) is 0 Å². The number of non-ortho nitro benzene ring substituents is 1. The highest BCUT2D eigenvalue weighted by molar-refractivity contribution is 5.94. The molecule has 1 amide bonds. The lowest BCUT2D eigenvalue weighted by atomic mass is 10.1. The smallest absolute Gasteiger partial charge is 0.272 e. The summed E-state index contributed by atoms with van der Waals surface area (Å²) in [6, 6.07) is 3.09. The molecule has 2 rings (SSSR count). The van der Waals surface area contributed by atoms with Gasteiger partial charge in [0.1, 0.15) is 5.82 Å². The normalized spacial score (nSPS) is 15.0. The summed E-state index contributed by atoms with van der Waals surface area (Å²) >= 11 is 0. The maximum atomic E-state index is 13.6. The highest BCUT2D eigenvalue weighted by Gasteiger charge is 2.28. The summed E-state index contributed by atoms with van der Waals surface area (Å²) in [6.07, 6.45) is 0. The second-order valence-corrected chi connectivity index (χ2v) is 4.15. The molecule has 1 aliphatic heterocycles. The molecule has 6 nitrogen and oxygen atoms in total. The van der Waals surface area contributed by atoms with Gasteiger partial charge in [0.05, 0.1) is 22.6 Å². The molecule has 0 unspecified atom stereocenters. The van der Waals surface area contributed by atoms with Gasteiger partial charge in [-0.15, -0.1) is 0 Å². The van der Waals surface area contributed by atoms with Crippen LogP contribution in [0.2, 0.25) is 0 Å². The lowest BCUT2D eigenvalue weighted by molar-refractivity contribution is -0.385. The molecule has 1 saturated heterocycles. The lowest BCUT2D eigenvalue weighted by Crippen LogP contribution is -2.57. The van der Waals surface area contributed by atoms with E-state index in [2.05, 4.69) is 5.32 Å². The number of nitro groups is 1. The zero-order valence-corrected chi connectivity index (χ0v) is 9.72. The van der Waals surface area contributed by atoms with Gasteiger partial charge in [-0.3, -0.25) is 14.9 Å². The van der Waals surface area contributed by atoms with Crippen LogP contribution in [0.4, 0.5) is 10.1 Å². The van der Waals surface area contributed by atoms with Gasteiger partial charge in [-0.25, -0.2) is 4.39 Å². The first-order valence-corrected chi connectivity index (χ1v) is 5.42. The standard InChI is InChI=1S/C11H12FN3O3/c1-14(8-5-13-6-8)11(16)9-3-2-7(15(17)18)4-10(9)12/h2-4,8,13H,5-6H2,1H3. The summed E-state index contributed by atoms with van der Waals surface area (Å²) in [6.45, 7) is 1.35. The van der Waals surface area contributed by atoms with E-state index in [0.29, 0.717) is 13.1 Å². The number of nitro benzene ring substituents is 1. The van der Waals surface area contributed by atoms with Crippen molar-refractivity contribution in [2.45, 2.75) is 6.04 Å². The molecule has 1 N–H and O–H groups in total. The maximum absolute atomic E-state index is 13.6. The monoisotopic (exact) mass is 253 g/mol. The molecule has 0 aliphatic carbocycles. The quantitative estimate of drug-likeness (QED) is 0.638. The van der Waals surface area contributed by atoms with Crippen LogP contribution < -0.4 is 5.32 Å². The average Bonchev–Trinajstić information content (AvgIpc) is 2.25. The summed E-state index contributed by atoms with van der Waals surface area (Å²) in [5.41, 5.74) is -0.507. The molecule has 7 heteroatoms. The fourth-order valence-electron chi connectivity index (χ4n) is 1.69. The summed E-state index contributed by atoms with van der Waals surface area (Å²) in [5.74, 6) is -1.33. The second-order valence-electron chi connectivity index (χ2n) is 4.15. The van der Waals surface area contributed by atoms with Crippen molar-refractivity contribution in [2.24, 2.45) is 0 Å². The van der Waals surface area contributed by atoms with Crippen LogP contribution in [0, 0.1) is 15.9 Å². The van der Waals surface area contributed by atoms with E-state index in [1.165, 1.54) is 4.90 Å². The van der Waals surface area contributed by atoms with E-state index in [0.717, 1.165) is 18.2 Å². The van der Waals surface area contributed by atoms with Crippen LogP contribution in [0.15, 0.2) is 18.2 Å². The van der Waals surface area contributed by atoms with E-state index >= 15 is 0 Å². The predicted octanol–water partition coefficient (Wildman–Crippen LogP) is 0.778. The first kappa shape index (κ1) is 12.4. The molecule has 0 bridgehead atoms. The van der Waals surface area contributed by atoms with Crippen LogP contribution in [-0.2, 0) is 0 Å². The Morgan fingerprint density at radius 3 is 2.67 bits per heavy atom. The molecule has 1 heterocycles. The molecule has 0 spiro atoms. The number of rotatable bonds is 3. The summed E-state index contributed by atoms with van der Waals surface area (Å²) in [4.78, 5) is 23.2. The second kappa shape index (κ2) is 4.69. The zero-order chi connectivity index (χ0) is 13.3. The van der Waals surface area contributed by atoms with Gasteiger partial charge in [0.15, 0.2) is 0 Å². The molecule has 1 aromatic carbocycles. The highest BCUT2D eigenvalue weighted by Crippen LogP contribution is 2.18. The molecule has 18 heavy (non-hydrogen) atoms. The van der Waals surface area contributed by atoms with Crippen molar-refractivity contribution >= 4 is 11.6 Å². The van der Waals surface area contributed by atoms with Crippen molar-refractivity contribution in [3.05, 3.63) is 39.7 Å². The van der Waals surface area contributed by atoms with Gasteiger partial charge in [0.2, 0.25) is 0 Å². The molecular weight excluding hydrogens is 241 g/mol. The van der Waals surface area contributed by atoms with Gasteiger partial charge in [0, 0.05) is 26.2 Å². The molecule has 1 aliphatic rings. The third-order valence-corrected chi connectivity index (χ3v) is 3.02. The van der Waals surface area contributed by atoms with Crippen LogP contribution in [0.25, 0.3) is 0 Å². The van der Waals surface area contributed by atoms with Crippen molar-refractivity contribution in [3.63, 3.8) is 0 Å². The Balaban J connectivity index is 2.22. The number of hydrogen-bond donors (Lipinski definition) is 1. The maximum Gasteiger partial charge on any atom is 0.272 e. The Hall–Kier alpha value is -2.02. The number of halogens is 1. The Bertz CT molecular complexity index is 502. The van der Waals surface area contributed by atoms with E-state index in [1.54, 1.807) is 7.05 Å². The van der Waals surface area contributed by atoms with Gasteiger partial charge in [-0.1, -0.05) is 0 Å². The van der Waals surface area contributed by atoms with Gasteiger partial charge < -0.3 is 10.2 Å². The Labute approximate surface area is 103 Å². The van der Waals surface area contributed by atoms with E-state index in [9.17, 15) is 19.3 Å². The van der Waals surface area contributed by atoms with Gasteiger partial charge >= 0.3 is 0 Å². The number of benzene rings is 1. The molecule has 0 atom stereocenters. The number of nitrogens with zero attached hydrogens (tertiary/aromatic N) is 2. The topological polar surface area (TPSA) is 75.5 Å². The van der Waals surface area contributed by atoms with Gasteiger partial charge in [-0.05, 0) is 6.07 Å². The fraction of sp³-hybridized carbons (Fsp3) is 0.364. The van der Waals surface area contributed by atoms with Crippen LogP contribution in [-0.4, -0.2) is 41.9 Å². The van der Waals surface area contributed by atoms with Crippen molar-refractivity contribution in [1.29, 1.82) is 0 Å². The Morgan fingerprint density at radius 1 is 1.56 bits per heavy atom. The minimum absolute atomic E-state index is 0.0482. The predicted molar refractivity (Wildman–Crippen MR) is 61.8 cm³/mol. The van der Waals surface area contributed by atoms with Crippen molar-refractivity contribution < 1.29 is 14.1 Å². The van der Waals surface area contributed by atoms with E-state index < -0.39 is 16.6 Å². The molecule has 1 fully saturated rings. The van der Waals surface area contributed by atoms with E-state index in [1.807, 2.05) is 0 Å². The zero-order valence-electron chi connectivity index (χ0n) is 9.72. The molecule has 96 valence electrons. The average molecular weight is 253 g/mol. The fourth-order valence-corrected chi connectivity index (χ4v) is 1.69. The summed E-state index contributed by atoms with van der Waals surface area (Å²) in [7, 11) is 1.59. The van der Waals surface area contributed by atoms with Crippen molar-refractivity contribution in [1.82, 2.24) is 10.2 Å².